The monoisotopic (exact) mass is 277 g/mol. The molecule has 2 rings (SSSR count). The van der Waals surface area contributed by atoms with Crippen molar-refractivity contribution in [1.29, 1.82) is 0 Å². The maximum absolute atomic E-state index is 11.2. The summed E-state index contributed by atoms with van der Waals surface area (Å²) in [5, 5.41) is 13.6. The van der Waals surface area contributed by atoms with Gasteiger partial charge >= 0.3 is 5.97 Å². The maximum Gasteiger partial charge on any atom is 0.343 e. The lowest BCUT2D eigenvalue weighted by Gasteiger charge is -2.21. The molecule has 1 aromatic rings. The van der Waals surface area contributed by atoms with E-state index in [1.54, 1.807) is 52.6 Å². The zero-order valence-corrected chi connectivity index (χ0v) is 11.9. The summed E-state index contributed by atoms with van der Waals surface area (Å²) in [6.45, 7) is 1.68. The minimum absolute atomic E-state index is 0.0149. The Morgan fingerprint density at radius 2 is 1.75 bits per heavy atom. The quantitative estimate of drug-likeness (QED) is 0.855. The van der Waals surface area contributed by atoms with Gasteiger partial charge in [0.25, 0.3) is 0 Å². The molecule has 0 saturated carbocycles. The third kappa shape index (κ3) is 2.37. The van der Waals surface area contributed by atoms with Gasteiger partial charge in [-0.3, -0.25) is 0 Å². The van der Waals surface area contributed by atoms with E-state index in [1.807, 2.05) is 0 Å². The van der Waals surface area contributed by atoms with Crippen LogP contribution in [-0.2, 0) is 4.79 Å². The number of quaternary nitrogens is 1. The Morgan fingerprint density at radius 1 is 1.20 bits per heavy atom. The number of rotatable bonds is 4. The Kier molecular flexibility index (Phi) is 3.50. The van der Waals surface area contributed by atoms with E-state index < -0.39 is 5.97 Å². The maximum atomic E-state index is 11.2. The molecule has 0 aliphatic carbocycles. The number of nitrogens with zero attached hydrogens (tertiary/aromatic N) is 2. The molecule has 1 atom stereocenters. The number of methoxy groups -OCH3 is 2. The van der Waals surface area contributed by atoms with E-state index >= 15 is 0 Å². The van der Waals surface area contributed by atoms with E-state index in [4.69, 9.17) is 14.6 Å². The van der Waals surface area contributed by atoms with Crippen molar-refractivity contribution in [3.63, 3.8) is 0 Å². The predicted octanol–water partition coefficient (Wildman–Crippen LogP) is 2.00. The Morgan fingerprint density at radius 3 is 2.15 bits per heavy atom. The van der Waals surface area contributed by atoms with Crippen molar-refractivity contribution in [3.8, 4) is 11.5 Å². The van der Waals surface area contributed by atoms with Gasteiger partial charge in [-0.25, -0.2) is 4.79 Å². The smallest absolute Gasteiger partial charge is 0.343 e. The van der Waals surface area contributed by atoms with Crippen LogP contribution in [0.5, 0.6) is 11.5 Å². The molecule has 0 aromatic heterocycles. The van der Waals surface area contributed by atoms with Crippen LogP contribution in [0.25, 0.3) is 0 Å². The molecular weight excluding hydrogens is 260 g/mol. The van der Waals surface area contributed by atoms with Gasteiger partial charge in [-0.2, -0.15) is 0 Å². The van der Waals surface area contributed by atoms with Crippen molar-refractivity contribution in [2.45, 2.75) is 6.92 Å². The average Bonchev–Trinajstić information content (AvgIpc) is 2.75. The van der Waals surface area contributed by atoms with E-state index in [0.717, 1.165) is 5.69 Å². The standard InChI is InChI=1S/C14H16N2O4/c1-9-13(14(17)18)8-16(2,15-9)10-5-11(19-3)7-12(6-10)20-4/h5-8H,1-4H3/p+1. The lowest BCUT2D eigenvalue weighted by molar-refractivity contribution is -0.132. The van der Waals surface area contributed by atoms with Crippen molar-refractivity contribution in [3.05, 3.63) is 30.0 Å². The fourth-order valence-corrected chi connectivity index (χ4v) is 2.14. The van der Waals surface area contributed by atoms with Gasteiger partial charge in [-0.05, 0) is 6.92 Å². The van der Waals surface area contributed by atoms with Gasteiger partial charge < -0.3 is 14.6 Å². The van der Waals surface area contributed by atoms with Gasteiger partial charge in [-0.15, -0.1) is 4.59 Å². The van der Waals surface area contributed by atoms with E-state index in [-0.39, 0.29) is 10.2 Å². The summed E-state index contributed by atoms with van der Waals surface area (Å²) in [7, 11) is 4.93. The zero-order chi connectivity index (χ0) is 14.9. The topological polar surface area (TPSA) is 68.1 Å². The first-order valence-corrected chi connectivity index (χ1v) is 6.03. The Balaban J connectivity index is 2.54. The molecule has 20 heavy (non-hydrogen) atoms. The summed E-state index contributed by atoms with van der Waals surface area (Å²) < 4.78 is 10.5. The van der Waals surface area contributed by atoms with Crippen molar-refractivity contribution in [1.82, 2.24) is 4.59 Å². The summed E-state index contributed by atoms with van der Waals surface area (Å²) >= 11 is 0. The van der Waals surface area contributed by atoms with Crippen LogP contribution in [-0.4, -0.2) is 38.1 Å². The highest BCUT2D eigenvalue weighted by molar-refractivity contribution is 6.19. The zero-order valence-electron chi connectivity index (χ0n) is 11.9. The predicted molar refractivity (Wildman–Crippen MR) is 76.1 cm³/mol. The van der Waals surface area contributed by atoms with Crippen LogP contribution in [0.1, 0.15) is 6.92 Å². The second-order valence-corrected chi connectivity index (χ2v) is 4.63. The summed E-state index contributed by atoms with van der Waals surface area (Å²) in [6, 6.07) is 5.37. The number of carboxylic acid groups (broad SMARTS) is 1. The minimum Gasteiger partial charge on any atom is -0.496 e. The number of carboxylic acids is 1. The normalized spacial score (nSPS) is 21.2. The Labute approximate surface area is 117 Å². The van der Waals surface area contributed by atoms with Crippen LogP contribution in [0.4, 0.5) is 5.69 Å². The first-order valence-electron chi connectivity index (χ1n) is 6.03. The second-order valence-electron chi connectivity index (χ2n) is 4.63. The summed E-state index contributed by atoms with van der Waals surface area (Å²) in [5.41, 5.74) is 1.45. The first-order chi connectivity index (χ1) is 9.39. The molecule has 0 radical (unpaired) electrons. The molecular formula is C14H17N2O4+. The van der Waals surface area contributed by atoms with Gasteiger partial charge in [0.1, 0.15) is 36.0 Å². The molecule has 0 fully saturated rings. The average molecular weight is 277 g/mol. The molecule has 106 valence electrons. The Bertz CT molecular complexity index is 599. The van der Waals surface area contributed by atoms with E-state index in [9.17, 15) is 4.79 Å². The summed E-state index contributed by atoms with van der Waals surface area (Å²) in [4.78, 5) is 11.2. The van der Waals surface area contributed by atoms with Crippen molar-refractivity contribution < 1.29 is 19.4 Å². The van der Waals surface area contributed by atoms with Gasteiger partial charge in [0.2, 0.25) is 0 Å². The van der Waals surface area contributed by atoms with Crippen LogP contribution in [0.15, 0.2) is 35.1 Å². The molecule has 0 saturated heterocycles. The third-order valence-corrected chi connectivity index (χ3v) is 3.22. The van der Waals surface area contributed by atoms with Crippen LogP contribution in [0.3, 0.4) is 0 Å². The van der Waals surface area contributed by atoms with Crippen LogP contribution < -0.4 is 14.1 Å². The second kappa shape index (κ2) is 4.97. The Hall–Kier alpha value is -2.34. The highest BCUT2D eigenvalue weighted by Gasteiger charge is 2.35. The van der Waals surface area contributed by atoms with Crippen LogP contribution >= 0.6 is 0 Å². The number of carbonyl (C=O) groups is 1. The van der Waals surface area contributed by atoms with E-state index in [2.05, 4.69) is 5.10 Å². The summed E-state index contributed by atoms with van der Waals surface area (Å²) in [5.74, 6) is 0.274. The lowest BCUT2D eigenvalue weighted by atomic mass is 10.2. The fourth-order valence-electron chi connectivity index (χ4n) is 2.14. The van der Waals surface area contributed by atoms with E-state index in [0.29, 0.717) is 17.2 Å². The van der Waals surface area contributed by atoms with E-state index in [1.165, 1.54) is 0 Å². The van der Waals surface area contributed by atoms with Crippen LogP contribution in [0, 0.1) is 0 Å². The number of ether oxygens (including phenoxy) is 2. The minimum atomic E-state index is -0.983. The first kappa shape index (κ1) is 14.1. The molecule has 6 heteroatoms. The molecule has 0 bridgehead atoms. The SMILES string of the molecule is COc1cc(OC)cc([N+]2(C)C=C(C(=O)O)C(C)=N2)c1. The number of benzene rings is 1. The molecule has 1 heterocycles. The molecule has 1 aliphatic heterocycles. The molecule has 1 unspecified atom stereocenters. The largest absolute Gasteiger partial charge is 0.496 e. The van der Waals surface area contributed by atoms with Crippen molar-refractivity contribution in [2.75, 3.05) is 21.3 Å². The molecule has 1 aliphatic rings. The summed E-state index contributed by atoms with van der Waals surface area (Å²) in [6.07, 6.45) is 1.59. The van der Waals surface area contributed by atoms with Crippen molar-refractivity contribution in [2.24, 2.45) is 5.10 Å². The number of hydrogen-bond donors (Lipinski definition) is 1. The molecule has 6 nitrogen and oxygen atoms in total. The van der Waals surface area contributed by atoms with Crippen LogP contribution in [0.2, 0.25) is 0 Å². The molecule has 1 aromatic carbocycles. The third-order valence-electron chi connectivity index (χ3n) is 3.22. The molecule has 0 spiro atoms. The van der Waals surface area contributed by atoms with Crippen molar-refractivity contribution >= 4 is 17.4 Å². The lowest BCUT2D eigenvalue weighted by Crippen LogP contribution is -2.30. The van der Waals surface area contributed by atoms with Gasteiger partial charge in [0, 0.05) is 18.2 Å². The van der Waals surface area contributed by atoms with Gasteiger partial charge in [-0.1, -0.05) is 5.10 Å². The van der Waals surface area contributed by atoms with Gasteiger partial charge in [0.15, 0.2) is 5.69 Å². The molecule has 1 N–H and O–H groups in total. The molecule has 0 amide bonds. The highest BCUT2D eigenvalue weighted by atomic mass is 16.5. The van der Waals surface area contributed by atoms with Gasteiger partial charge in [0.05, 0.1) is 14.2 Å². The number of aliphatic carboxylic acids is 1. The highest BCUT2D eigenvalue weighted by Crippen LogP contribution is 2.35. The number of hydrogen-bond acceptors (Lipinski definition) is 4. The fraction of sp³-hybridized carbons (Fsp3) is 0.286.